The Bertz CT molecular complexity index is 535. The second-order valence-corrected chi connectivity index (χ2v) is 3.94. The summed E-state index contributed by atoms with van der Waals surface area (Å²) in [4.78, 5) is 11.7. The maximum absolute atomic E-state index is 11.7. The summed E-state index contributed by atoms with van der Waals surface area (Å²) in [5, 5.41) is 12.5. The average molecular weight is 285 g/mol. The summed E-state index contributed by atoms with van der Waals surface area (Å²) in [5.74, 6) is 1.30. The summed E-state index contributed by atoms with van der Waals surface area (Å²) in [7, 11) is 1.83. The number of aromatic amines is 1. The Morgan fingerprint density at radius 3 is 2.84 bits per heavy atom. The molecule has 0 saturated carbocycles. The van der Waals surface area contributed by atoms with Gasteiger partial charge in [-0.2, -0.15) is 5.10 Å². The summed E-state index contributed by atoms with van der Waals surface area (Å²) >= 11 is 0. The Morgan fingerprint density at radius 2 is 2.21 bits per heavy atom. The largest absolute Gasteiger partial charge is 0.460 e. The number of amides is 1. The van der Waals surface area contributed by atoms with E-state index in [1.54, 1.807) is 6.07 Å². The van der Waals surface area contributed by atoms with E-state index < -0.39 is 0 Å². The average Bonchev–Trinajstić information content (AvgIpc) is 2.97. The van der Waals surface area contributed by atoms with Crippen LogP contribution in [0.5, 0.6) is 0 Å². The third-order valence-corrected chi connectivity index (χ3v) is 2.48. The first-order valence-electron chi connectivity index (χ1n) is 5.75. The molecule has 2 aromatic heterocycles. The second-order valence-electron chi connectivity index (χ2n) is 3.94. The van der Waals surface area contributed by atoms with E-state index in [-0.39, 0.29) is 18.3 Å². The fourth-order valence-corrected chi connectivity index (χ4v) is 1.54. The van der Waals surface area contributed by atoms with Crippen LogP contribution in [0, 0.1) is 6.92 Å². The van der Waals surface area contributed by atoms with E-state index in [4.69, 9.17) is 4.42 Å². The molecule has 0 aliphatic rings. The van der Waals surface area contributed by atoms with E-state index >= 15 is 0 Å². The van der Waals surface area contributed by atoms with Crippen molar-refractivity contribution in [1.82, 2.24) is 20.8 Å². The van der Waals surface area contributed by atoms with Crippen LogP contribution in [-0.2, 0) is 0 Å². The minimum absolute atomic E-state index is 0. The summed E-state index contributed by atoms with van der Waals surface area (Å²) in [6.07, 6.45) is 0. The molecule has 2 rings (SSSR count). The second kappa shape index (κ2) is 6.96. The van der Waals surface area contributed by atoms with Crippen molar-refractivity contribution in [3.63, 3.8) is 0 Å². The highest BCUT2D eigenvalue weighted by atomic mass is 35.5. The summed E-state index contributed by atoms with van der Waals surface area (Å²) in [6.45, 7) is 3.16. The van der Waals surface area contributed by atoms with Gasteiger partial charge in [-0.3, -0.25) is 9.89 Å². The van der Waals surface area contributed by atoms with E-state index in [0.29, 0.717) is 23.7 Å². The third kappa shape index (κ3) is 3.84. The first kappa shape index (κ1) is 15.3. The summed E-state index contributed by atoms with van der Waals surface area (Å²) in [6, 6.07) is 5.38. The maximum Gasteiger partial charge on any atom is 0.271 e. The van der Waals surface area contributed by atoms with Gasteiger partial charge in [0.05, 0.1) is 0 Å². The zero-order valence-corrected chi connectivity index (χ0v) is 11.6. The van der Waals surface area contributed by atoms with E-state index in [2.05, 4.69) is 20.8 Å². The molecule has 0 saturated heterocycles. The van der Waals surface area contributed by atoms with Crippen molar-refractivity contribution >= 4 is 18.3 Å². The number of likely N-dealkylation sites (N-methyl/N-ethyl adjacent to an activating group) is 1. The normalized spacial score (nSPS) is 10.0. The highest BCUT2D eigenvalue weighted by molar-refractivity contribution is 5.93. The van der Waals surface area contributed by atoms with Gasteiger partial charge in [0.25, 0.3) is 5.91 Å². The summed E-state index contributed by atoms with van der Waals surface area (Å²) < 4.78 is 5.45. The van der Waals surface area contributed by atoms with Gasteiger partial charge in [0, 0.05) is 19.2 Å². The lowest BCUT2D eigenvalue weighted by atomic mass is 10.3. The van der Waals surface area contributed by atoms with Crippen LogP contribution in [0.4, 0.5) is 0 Å². The summed E-state index contributed by atoms with van der Waals surface area (Å²) in [5.41, 5.74) is 1.05. The van der Waals surface area contributed by atoms with Gasteiger partial charge >= 0.3 is 0 Å². The molecular formula is C12H17ClN4O2. The number of hydrogen-bond donors (Lipinski definition) is 3. The van der Waals surface area contributed by atoms with Crippen LogP contribution in [-0.4, -0.2) is 36.2 Å². The van der Waals surface area contributed by atoms with Crippen molar-refractivity contribution in [3.05, 3.63) is 29.7 Å². The first-order chi connectivity index (χ1) is 8.70. The number of H-pyrrole nitrogens is 1. The predicted molar refractivity (Wildman–Crippen MR) is 74.5 cm³/mol. The Hall–Kier alpha value is -1.79. The van der Waals surface area contributed by atoms with Crippen molar-refractivity contribution < 1.29 is 9.21 Å². The SMILES string of the molecule is CNCCNC(=O)c1cc(-c2ccc(C)o2)[nH]n1.Cl. The number of aromatic nitrogens is 2. The number of furan rings is 1. The highest BCUT2D eigenvalue weighted by Gasteiger charge is 2.12. The topological polar surface area (TPSA) is 83.0 Å². The van der Waals surface area contributed by atoms with Crippen LogP contribution in [0.2, 0.25) is 0 Å². The molecule has 0 atom stereocenters. The van der Waals surface area contributed by atoms with E-state index in [9.17, 15) is 4.79 Å². The molecule has 6 nitrogen and oxygen atoms in total. The standard InChI is InChI=1S/C12H16N4O2.ClH/c1-8-3-4-11(18-8)9-7-10(16-15-9)12(17)14-6-5-13-2;/h3-4,7,13H,5-6H2,1-2H3,(H,14,17)(H,15,16);1H. The molecule has 0 bridgehead atoms. The number of rotatable bonds is 5. The molecule has 0 aromatic carbocycles. The molecule has 0 unspecified atom stereocenters. The number of carbonyl (C=O) groups excluding carboxylic acids is 1. The van der Waals surface area contributed by atoms with Crippen LogP contribution in [0.3, 0.4) is 0 Å². The Kier molecular flexibility index (Phi) is 5.59. The number of nitrogens with one attached hydrogen (secondary N) is 3. The molecule has 0 aliphatic heterocycles. The lowest BCUT2D eigenvalue weighted by Crippen LogP contribution is -2.30. The van der Waals surface area contributed by atoms with Gasteiger partial charge in [0.1, 0.15) is 11.5 Å². The van der Waals surface area contributed by atoms with Crippen LogP contribution in [0.25, 0.3) is 11.5 Å². The number of nitrogens with zero attached hydrogens (tertiary/aromatic N) is 1. The van der Waals surface area contributed by atoms with Crippen LogP contribution in [0.1, 0.15) is 16.2 Å². The molecule has 0 fully saturated rings. The Labute approximate surface area is 117 Å². The molecule has 0 spiro atoms. The van der Waals surface area contributed by atoms with Gasteiger partial charge in [-0.1, -0.05) is 0 Å². The maximum atomic E-state index is 11.7. The Morgan fingerprint density at radius 1 is 1.42 bits per heavy atom. The monoisotopic (exact) mass is 284 g/mol. The fraction of sp³-hybridized carbons (Fsp3) is 0.333. The number of halogens is 1. The first-order valence-corrected chi connectivity index (χ1v) is 5.75. The Balaban J connectivity index is 0.00000180. The molecule has 104 valence electrons. The zero-order chi connectivity index (χ0) is 13.0. The van der Waals surface area contributed by atoms with Gasteiger partial charge in [-0.05, 0) is 26.1 Å². The minimum atomic E-state index is -0.198. The lowest BCUT2D eigenvalue weighted by Gasteiger charge is -2.00. The molecule has 2 heterocycles. The van der Waals surface area contributed by atoms with Crippen molar-refractivity contribution in [2.45, 2.75) is 6.92 Å². The van der Waals surface area contributed by atoms with Crippen molar-refractivity contribution in [2.24, 2.45) is 0 Å². The van der Waals surface area contributed by atoms with Gasteiger partial charge < -0.3 is 15.1 Å². The van der Waals surface area contributed by atoms with Crippen molar-refractivity contribution in [3.8, 4) is 11.5 Å². The van der Waals surface area contributed by atoms with E-state index in [1.165, 1.54) is 0 Å². The number of carbonyl (C=O) groups is 1. The predicted octanol–water partition coefficient (Wildman–Crippen LogP) is 1.35. The van der Waals surface area contributed by atoms with Gasteiger partial charge in [0.2, 0.25) is 0 Å². The van der Waals surface area contributed by atoms with Crippen LogP contribution in [0.15, 0.2) is 22.6 Å². The zero-order valence-electron chi connectivity index (χ0n) is 10.8. The molecule has 1 amide bonds. The van der Waals surface area contributed by atoms with E-state index in [1.807, 2.05) is 26.1 Å². The van der Waals surface area contributed by atoms with Crippen molar-refractivity contribution in [1.29, 1.82) is 0 Å². The molecule has 7 heteroatoms. The van der Waals surface area contributed by atoms with Gasteiger partial charge in [-0.25, -0.2) is 0 Å². The molecule has 0 radical (unpaired) electrons. The smallest absolute Gasteiger partial charge is 0.271 e. The third-order valence-electron chi connectivity index (χ3n) is 2.48. The minimum Gasteiger partial charge on any atom is -0.460 e. The van der Waals surface area contributed by atoms with Crippen LogP contribution < -0.4 is 10.6 Å². The number of hydrogen-bond acceptors (Lipinski definition) is 4. The van der Waals surface area contributed by atoms with Crippen LogP contribution >= 0.6 is 12.4 Å². The lowest BCUT2D eigenvalue weighted by molar-refractivity contribution is 0.0949. The van der Waals surface area contributed by atoms with Crippen molar-refractivity contribution in [2.75, 3.05) is 20.1 Å². The van der Waals surface area contributed by atoms with E-state index in [0.717, 1.165) is 12.3 Å². The van der Waals surface area contributed by atoms with Gasteiger partial charge in [0.15, 0.2) is 11.5 Å². The quantitative estimate of drug-likeness (QED) is 0.724. The molecule has 2 aromatic rings. The number of aryl methyl sites for hydroxylation is 1. The molecule has 19 heavy (non-hydrogen) atoms. The van der Waals surface area contributed by atoms with Gasteiger partial charge in [-0.15, -0.1) is 12.4 Å². The molecule has 3 N–H and O–H groups in total. The fourth-order valence-electron chi connectivity index (χ4n) is 1.54. The molecular weight excluding hydrogens is 268 g/mol. The molecule has 0 aliphatic carbocycles. The highest BCUT2D eigenvalue weighted by Crippen LogP contribution is 2.20.